The fraction of sp³-hybridized carbons (Fsp3) is 0.136. The fourth-order valence-corrected chi connectivity index (χ4v) is 2.85. The Hall–Kier alpha value is -4.43. The van der Waals surface area contributed by atoms with Gasteiger partial charge >= 0.3 is 11.6 Å². The average molecular weight is 398 g/mol. The lowest BCUT2D eigenvalue weighted by Crippen LogP contribution is -2.24. The molecule has 0 unspecified atom stereocenters. The SMILES string of the molecule is Cc1cc(C=CC#N)cc(C)c1Oc1nc(Nc2ccc(C#N)cc2)c(=O)n(C)n1. The average Bonchev–Trinajstić information content (AvgIpc) is 2.73. The molecule has 0 atom stereocenters. The summed E-state index contributed by atoms with van der Waals surface area (Å²) in [5, 5.41) is 24.6. The lowest BCUT2D eigenvalue weighted by molar-refractivity contribution is 0.413. The molecule has 30 heavy (non-hydrogen) atoms. The van der Waals surface area contributed by atoms with Crippen molar-refractivity contribution in [1.82, 2.24) is 14.8 Å². The quantitative estimate of drug-likeness (QED) is 0.651. The van der Waals surface area contributed by atoms with Gasteiger partial charge in [-0.2, -0.15) is 15.5 Å². The summed E-state index contributed by atoms with van der Waals surface area (Å²) in [7, 11) is 1.51. The molecule has 8 heteroatoms. The van der Waals surface area contributed by atoms with Crippen molar-refractivity contribution in [3.8, 4) is 23.9 Å². The summed E-state index contributed by atoms with van der Waals surface area (Å²) >= 11 is 0. The van der Waals surface area contributed by atoms with Crippen molar-refractivity contribution in [2.24, 2.45) is 7.05 Å². The van der Waals surface area contributed by atoms with Crippen LogP contribution in [0.1, 0.15) is 22.3 Å². The van der Waals surface area contributed by atoms with E-state index >= 15 is 0 Å². The number of benzene rings is 2. The Bertz CT molecular complexity index is 1240. The van der Waals surface area contributed by atoms with E-state index in [1.807, 2.05) is 38.1 Å². The highest BCUT2D eigenvalue weighted by atomic mass is 16.5. The molecule has 0 aliphatic heterocycles. The van der Waals surface area contributed by atoms with Crippen molar-refractivity contribution in [3.63, 3.8) is 0 Å². The lowest BCUT2D eigenvalue weighted by atomic mass is 10.1. The van der Waals surface area contributed by atoms with Crippen LogP contribution in [0.2, 0.25) is 0 Å². The second-order valence-corrected chi connectivity index (χ2v) is 6.53. The van der Waals surface area contributed by atoms with Gasteiger partial charge in [0.1, 0.15) is 5.75 Å². The molecule has 0 amide bonds. The molecule has 2 aromatic carbocycles. The minimum absolute atomic E-state index is 0.0137. The second-order valence-electron chi connectivity index (χ2n) is 6.53. The summed E-state index contributed by atoms with van der Waals surface area (Å²) in [4.78, 5) is 16.6. The molecule has 8 nitrogen and oxygen atoms in total. The molecule has 0 fully saturated rings. The van der Waals surface area contributed by atoms with Gasteiger partial charge in [-0.3, -0.25) is 4.79 Å². The van der Waals surface area contributed by atoms with Crippen LogP contribution < -0.4 is 15.6 Å². The third-order valence-corrected chi connectivity index (χ3v) is 4.24. The number of hydrogen-bond donors (Lipinski definition) is 1. The first kappa shape index (κ1) is 20.3. The van der Waals surface area contributed by atoms with Crippen LogP contribution in [0, 0.1) is 36.5 Å². The zero-order valence-corrected chi connectivity index (χ0v) is 16.7. The Morgan fingerprint density at radius 3 is 2.40 bits per heavy atom. The van der Waals surface area contributed by atoms with Crippen molar-refractivity contribution in [1.29, 1.82) is 10.5 Å². The molecule has 3 aromatic rings. The molecule has 1 heterocycles. The van der Waals surface area contributed by atoms with Crippen LogP contribution in [0.25, 0.3) is 6.08 Å². The third-order valence-electron chi connectivity index (χ3n) is 4.24. The number of ether oxygens (including phenoxy) is 1. The minimum atomic E-state index is -0.419. The predicted molar refractivity (Wildman–Crippen MR) is 112 cm³/mol. The number of anilines is 2. The minimum Gasteiger partial charge on any atom is -0.423 e. The van der Waals surface area contributed by atoms with E-state index in [0.29, 0.717) is 17.0 Å². The maximum Gasteiger partial charge on any atom is 0.341 e. The lowest BCUT2D eigenvalue weighted by Gasteiger charge is -2.13. The number of nitrogens with zero attached hydrogens (tertiary/aromatic N) is 5. The number of nitriles is 2. The molecule has 0 aliphatic rings. The normalized spacial score (nSPS) is 10.4. The summed E-state index contributed by atoms with van der Waals surface area (Å²) in [6, 6.07) is 14.4. The largest absolute Gasteiger partial charge is 0.423 e. The van der Waals surface area contributed by atoms with Crippen molar-refractivity contribution < 1.29 is 4.74 Å². The van der Waals surface area contributed by atoms with Crippen LogP contribution in [-0.2, 0) is 7.05 Å². The van der Waals surface area contributed by atoms with Crippen LogP contribution in [0.3, 0.4) is 0 Å². The van der Waals surface area contributed by atoms with Crippen molar-refractivity contribution >= 4 is 17.6 Å². The fourth-order valence-electron chi connectivity index (χ4n) is 2.85. The van der Waals surface area contributed by atoms with Gasteiger partial charge < -0.3 is 10.1 Å². The van der Waals surface area contributed by atoms with Crippen molar-refractivity contribution in [3.05, 3.63) is 75.1 Å². The van der Waals surface area contributed by atoms with Gasteiger partial charge in [-0.25, -0.2) is 4.68 Å². The first-order chi connectivity index (χ1) is 14.4. The molecule has 0 saturated carbocycles. The zero-order valence-electron chi connectivity index (χ0n) is 16.7. The Morgan fingerprint density at radius 1 is 1.13 bits per heavy atom. The first-order valence-electron chi connectivity index (χ1n) is 8.99. The number of nitrogens with one attached hydrogen (secondary N) is 1. The standard InChI is InChI=1S/C22H18N6O2/c1-14-11-17(5-4-10-23)12-15(2)19(14)30-22-26-20(21(29)28(3)27-22)25-18-8-6-16(13-24)7-9-18/h4-9,11-12H,1-3H3,(H,25,26,27). The highest BCUT2D eigenvalue weighted by Crippen LogP contribution is 2.29. The summed E-state index contributed by atoms with van der Waals surface area (Å²) in [6.45, 7) is 3.76. The van der Waals surface area contributed by atoms with Gasteiger partial charge in [0, 0.05) is 18.8 Å². The van der Waals surface area contributed by atoms with Gasteiger partial charge in [0.15, 0.2) is 0 Å². The molecular formula is C22H18N6O2. The van der Waals surface area contributed by atoms with Gasteiger partial charge in [0.2, 0.25) is 5.82 Å². The maximum atomic E-state index is 12.4. The molecule has 0 spiro atoms. The van der Waals surface area contributed by atoms with E-state index in [0.717, 1.165) is 21.4 Å². The summed E-state index contributed by atoms with van der Waals surface area (Å²) in [5.74, 6) is 0.628. The molecule has 0 radical (unpaired) electrons. The molecular weight excluding hydrogens is 380 g/mol. The van der Waals surface area contributed by atoms with E-state index in [2.05, 4.69) is 15.4 Å². The van der Waals surface area contributed by atoms with E-state index in [4.69, 9.17) is 15.3 Å². The summed E-state index contributed by atoms with van der Waals surface area (Å²) in [5.41, 5.74) is 3.26. The van der Waals surface area contributed by atoms with E-state index in [1.54, 1.807) is 30.3 Å². The van der Waals surface area contributed by atoms with Crippen LogP contribution >= 0.6 is 0 Å². The summed E-state index contributed by atoms with van der Waals surface area (Å²) in [6.07, 6.45) is 3.12. The predicted octanol–water partition coefficient (Wildman–Crippen LogP) is 3.74. The zero-order chi connectivity index (χ0) is 21.7. The highest BCUT2D eigenvalue weighted by molar-refractivity contribution is 5.59. The topological polar surface area (TPSA) is 117 Å². The van der Waals surface area contributed by atoms with Crippen LogP contribution in [0.4, 0.5) is 11.5 Å². The van der Waals surface area contributed by atoms with Gasteiger partial charge in [-0.1, -0.05) is 0 Å². The Labute approximate surface area is 173 Å². The Kier molecular flexibility index (Phi) is 5.90. The number of aromatic nitrogens is 3. The van der Waals surface area contributed by atoms with Crippen LogP contribution in [-0.4, -0.2) is 14.8 Å². The smallest absolute Gasteiger partial charge is 0.341 e. The van der Waals surface area contributed by atoms with Gasteiger partial charge in [-0.15, -0.1) is 5.10 Å². The molecule has 148 valence electrons. The van der Waals surface area contributed by atoms with Gasteiger partial charge in [0.05, 0.1) is 17.7 Å². The van der Waals surface area contributed by atoms with E-state index in [9.17, 15) is 4.79 Å². The maximum absolute atomic E-state index is 12.4. The Morgan fingerprint density at radius 2 is 1.80 bits per heavy atom. The highest BCUT2D eigenvalue weighted by Gasteiger charge is 2.13. The number of rotatable bonds is 5. The first-order valence-corrected chi connectivity index (χ1v) is 8.99. The third kappa shape index (κ3) is 4.51. The number of allylic oxidation sites excluding steroid dienone is 1. The van der Waals surface area contributed by atoms with E-state index in [-0.39, 0.29) is 11.8 Å². The summed E-state index contributed by atoms with van der Waals surface area (Å²) < 4.78 is 7.04. The van der Waals surface area contributed by atoms with E-state index in [1.165, 1.54) is 13.1 Å². The van der Waals surface area contributed by atoms with Gasteiger partial charge in [0.25, 0.3) is 0 Å². The van der Waals surface area contributed by atoms with E-state index < -0.39 is 5.56 Å². The van der Waals surface area contributed by atoms with Crippen molar-refractivity contribution in [2.75, 3.05) is 5.32 Å². The molecule has 1 N–H and O–H groups in total. The van der Waals surface area contributed by atoms with Gasteiger partial charge in [-0.05, 0) is 73.0 Å². The molecule has 0 bridgehead atoms. The molecule has 0 aliphatic carbocycles. The molecule has 1 aromatic heterocycles. The number of aryl methyl sites for hydroxylation is 3. The molecule has 0 saturated heterocycles. The molecule has 3 rings (SSSR count). The van der Waals surface area contributed by atoms with Crippen molar-refractivity contribution in [2.45, 2.75) is 13.8 Å². The van der Waals surface area contributed by atoms with Crippen LogP contribution in [0.5, 0.6) is 11.8 Å². The Balaban J connectivity index is 1.92. The number of hydrogen-bond acceptors (Lipinski definition) is 7. The monoisotopic (exact) mass is 398 g/mol. The van der Waals surface area contributed by atoms with Crippen LogP contribution in [0.15, 0.2) is 47.3 Å². The second kappa shape index (κ2) is 8.72.